The fraction of sp³-hybridized carbons (Fsp3) is 0.200. The van der Waals surface area contributed by atoms with E-state index in [2.05, 4.69) is 22.6 Å². The summed E-state index contributed by atoms with van der Waals surface area (Å²) in [5, 5.41) is 0.233. The van der Waals surface area contributed by atoms with Crippen LogP contribution in [-0.2, 0) is 9.53 Å². The Morgan fingerprint density at radius 2 is 2.13 bits per heavy atom. The lowest BCUT2D eigenvalue weighted by Gasteiger charge is -2.14. The molecule has 1 fully saturated rings. The molecule has 0 aromatic heterocycles. The normalized spacial score (nSPS) is 20.7. The third-order valence-electron chi connectivity index (χ3n) is 2.12. The molecule has 1 heterocycles. The van der Waals surface area contributed by atoms with E-state index in [0.717, 1.165) is 9.26 Å². The summed E-state index contributed by atoms with van der Waals surface area (Å²) in [5.41, 5.74) is 0.789. The number of anilines is 1. The zero-order valence-electron chi connectivity index (χ0n) is 7.94. The first-order valence-electron chi connectivity index (χ1n) is 4.40. The van der Waals surface area contributed by atoms with Crippen LogP contribution in [0.3, 0.4) is 0 Å². The van der Waals surface area contributed by atoms with Crippen LogP contribution in [-0.4, -0.2) is 17.2 Å². The van der Waals surface area contributed by atoms with Crippen LogP contribution in [0.5, 0.6) is 0 Å². The summed E-state index contributed by atoms with van der Waals surface area (Å²) in [6.45, 7) is 1.70. The Kier molecular flexibility index (Phi) is 2.92. The van der Waals surface area contributed by atoms with Gasteiger partial charge in [-0.05, 0) is 53.9 Å². The second-order valence-corrected chi connectivity index (χ2v) is 4.66. The van der Waals surface area contributed by atoms with Gasteiger partial charge in [-0.3, -0.25) is 4.79 Å². The molecule has 0 bridgehead atoms. The van der Waals surface area contributed by atoms with Crippen LogP contribution < -0.4 is 4.90 Å². The van der Waals surface area contributed by atoms with Gasteiger partial charge in [0, 0.05) is 3.57 Å². The molecule has 0 N–H and O–H groups in total. The van der Waals surface area contributed by atoms with Crippen molar-refractivity contribution < 1.29 is 9.53 Å². The monoisotopic (exact) mass is 333 g/mol. The summed E-state index contributed by atoms with van der Waals surface area (Å²) in [5.74, 6) is -0.107. The van der Waals surface area contributed by atoms with E-state index < -0.39 is 6.10 Å². The molecule has 1 amide bonds. The molecule has 15 heavy (non-hydrogen) atoms. The standard InChI is InChI=1S/C10H8INO2S/c1-6-9(13)12(10(15)14-6)8-5-3-2-4-7(8)11/h2-6H,1H3/t6-/m0/s1. The minimum Gasteiger partial charge on any atom is -0.457 e. The van der Waals surface area contributed by atoms with Crippen molar-refractivity contribution in [2.75, 3.05) is 4.90 Å². The van der Waals surface area contributed by atoms with Crippen LogP contribution in [0.4, 0.5) is 5.69 Å². The first-order chi connectivity index (χ1) is 7.11. The van der Waals surface area contributed by atoms with E-state index in [0.29, 0.717) is 0 Å². The molecular formula is C10H8INO2S. The molecule has 3 nitrogen and oxygen atoms in total. The second kappa shape index (κ2) is 4.05. The van der Waals surface area contributed by atoms with Crippen LogP contribution in [0, 0.1) is 3.57 Å². The molecule has 2 rings (SSSR count). The number of para-hydroxylation sites is 1. The smallest absolute Gasteiger partial charge is 0.275 e. The number of rotatable bonds is 1. The number of hydrogen-bond donors (Lipinski definition) is 0. The molecular weight excluding hydrogens is 325 g/mol. The third kappa shape index (κ3) is 1.85. The van der Waals surface area contributed by atoms with Crippen molar-refractivity contribution in [1.29, 1.82) is 0 Å². The van der Waals surface area contributed by atoms with Crippen LogP contribution in [0.2, 0.25) is 0 Å². The molecule has 1 atom stereocenters. The van der Waals surface area contributed by atoms with E-state index in [1.165, 1.54) is 4.90 Å². The number of carbonyl (C=O) groups excluding carboxylic acids is 1. The van der Waals surface area contributed by atoms with Gasteiger partial charge >= 0.3 is 0 Å². The number of benzene rings is 1. The number of ether oxygens (including phenoxy) is 1. The topological polar surface area (TPSA) is 29.5 Å². The summed E-state index contributed by atoms with van der Waals surface area (Å²) in [6.07, 6.45) is -0.478. The number of carbonyl (C=O) groups is 1. The Bertz CT molecular complexity index is 435. The average molecular weight is 333 g/mol. The van der Waals surface area contributed by atoms with Gasteiger partial charge in [-0.1, -0.05) is 12.1 Å². The Labute approximate surface area is 107 Å². The van der Waals surface area contributed by atoms with E-state index in [-0.39, 0.29) is 11.1 Å². The number of hydrogen-bond acceptors (Lipinski definition) is 3. The molecule has 0 unspecified atom stereocenters. The number of amides is 1. The highest BCUT2D eigenvalue weighted by Crippen LogP contribution is 2.27. The predicted molar refractivity (Wildman–Crippen MR) is 69.8 cm³/mol. The minimum absolute atomic E-state index is 0.107. The van der Waals surface area contributed by atoms with Crippen LogP contribution in [0.15, 0.2) is 24.3 Å². The van der Waals surface area contributed by atoms with Crippen LogP contribution >= 0.6 is 34.8 Å². The van der Waals surface area contributed by atoms with Gasteiger partial charge in [-0.25, -0.2) is 4.90 Å². The van der Waals surface area contributed by atoms with E-state index in [9.17, 15) is 4.79 Å². The summed E-state index contributed by atoms with van der Waals surface area (Å²) in [6, 6.07) is 7.57. The molecule has 1 aliphatic rings. The third-order valence-corrected chi connectivity index (χ3v) is 3.31. The number of thiocarbonyl (C=S) groups is 1. The van der Waals surface area contributed by atoms with E-state index in [1.807, 2.05) is 24.3 Å². The first-order valence-corrected chi connectivity index (χ1v) is 5.89. The quantitative estimate of drug-likeness (QED) is 0.584. The highest BCUT2D eigenvalue weighted by atomic mass is 127. The summed E-state index contributed by atoms with van der Waals surface area (Å²) in [4.78, 5) is 13.2. The Hall–Kier alpha value is -0.690. The highest BCUT2D eigenvalue weighted by molar-refractivity contribution is 14.1. The maximum atomic E-state index is 11.8. The highest BCUT2D eigenvalue weighted by Gasteiger charge is 2.36. The summed E-state index contributed by atoms with van der Waals surface area (Å²) in [7, 11) is 0. The van der Waals surface area contributed by atoms with Crippen LogP contribution in [0.1, 0.15) is 6.92 Å². The maximum Gasteiger partial charge on any atom is 0.275 e. The predicted octanol–water partition coefficient (Wildman–Crippen LogP) is 2.33. The largest absolute Gasteiger partial charge is 0.457 e. The van der Waals surface area contributed by atoms with Crippen molar-refractivity contribution in [3.05, 3.63) is 27.8 Å². The van der Waals surface area contributed by atoms with Gasteiger partial charge in [0.1, 0.15) is 0 Å². The van der Waals surface area contributed by atoms with E-state index >= 15 is 0 Å². The Morgan fingerprint density at radius 3 is 2.67 bits per heavy atom. The second-order valence-electron chi connectivity index (χ2n) is 3.15. The molecule has 1 aromatic rings. The maximum absolute atomic E-state index is 11.8. The number of nitrogens with zero attached hydrogens (tertiary/aromatic N) is 1. The average Bonchev–Trinajstić information content (AvgIpc) is 2.43. The lowest BCUT2D eigenvalue weighted by molar-refractivity contribution is -0.121. The van der Waals surface area contributed by atoms with Gasteiger partial charge in [0.15, 0.2) is 6.10 Å². The zero-order valence-corrected chi connectivity index (χ0v) is 10.9. The van der Waals surface area contributed by atoms with Crippen molar-refractivity contribution in [2.24, 2.45) is 0 Å². The van der Waals surface area contributed by atoms with E-state index in [1.54, 1.807) is 6.92 Å². The lowest BCUT2D eigenvalue weighted by Crippen LogP contribution is -2.30. The molecule has 1 saturated heterocycles. The molecule has 0 aliphatic carbocycles. The van der Waals surface area contributed by atoms with Crippen molar-refractivity contribution >= 4 is 51.6 Å². The first kappa shape index (κ1) is 10.8. The fourth-order valence-electron chi connectivity index (χ4n) is 1.38. The zero-order chi connectivity index (χ0) is 11.0. The molecule has 0 radical (unpaired) electrons. The van der Waals surface area contributed by atoms with Gasteiger partial charge < -0.3 is 4.74 Å². The Morgan fingerprint density at radius 1 is 1.47 bits per heavy atom. The molecule has 5 heteroatoms. The van der Waals surface area contributed by atoms with Gasteiger partial charge in [-0.2, -0.15) is 0 Å². The number of halogens is 1. The molecule has 1 aromatic carbocycles. The van der Waals surface area contributed by atoms with Gasteiger partial charge in [0.25, 0.3) is 11.1 Å². The Balaban J connectivity index is 2.44. The lowest BCUT2D eigenvalue weighted by atomic mass is 10.3. The van der Waals surface area contributed by atoms with Crippen molar-refractivity contribution in [3.8, 4) is 0 Å². The van der Waals surface area contributed by atoms with Crippen molar-refractivity contribution in [3.63, 3.8) is 0 Å². The molecule has 0 saturated carbocycles. The molecule has 0 spiro atoms. The molecule has 1 aliphatic heterocycles. The van der Waals surface area contributed by atoms with Gasteiger partial charge in [0.2, 0.25) is 0 Å². The SMILES string of the molecule is C[C@@H]1OC(=S)N(c2ccccc2I)C1=O. The van der Waals surface area contributed by atoms with Crippen molar-refractivity contribution in [1.82, 2.24) is 0 Å². The molecule has 78 valence electrons. The summed E-state index contributed by atoms with van der Waals surface area (Å²) >= 11 is 7.18. The van der Waals surface area contributed by atoms with Crippen molar-refractivity contribution in [2.45, 2.75) is 13.0 Å². The fourth-order valence-corrected chi connectivity index (χ4v) is 2.34. The summed E-state index contributed by atoms with van der Waals surface area (Å²) < 4.78 is 6.18. The van der Waals surface area contributed by atoms with Gasteiger partial charge in [-0.15, -0.1) is 0 Å². The van der Waals surface area contributed by atoms with E-state index in [4.69, 9.17) is 17.0 Å². The van der Waals surface area contributed by atoms with Crippen LogP contribution in [0.25, 0.3) is 0 Å². The minimum atomic E-state index is -0.478. The van der Waals surface area contributed by atoms with Gasteiger partial charge in [0.05, 0.1) is 5.69 Å².